The first kappa shape index (κ1) is 23.7. The Balaban J connectivity index is 0.00000576. The molecule has 144 valence electrons. The number of hydrogen-bond acceptors (Lipinski definition) is 4. The molecule has 1 aromatic heterocycles. The van der Waals surface area contributed by atoms with Crippen LogP contribution in [0.15, 0.2) is 9.52 Å². The molecule has 0 unspecified atom stereocenters. The first-order valence-electron chi connectivity index (χ1n) is 8.60. The number of nitrogens with zero attached hydrogens (tertiary/aromatic N) is 2. The summed E-state index contributed by atoms with van der Waals surface area (Å²) < 4.78 is 5.38. The summed E-state index contributed by atoms with van der Waals surface area (Å²) in [5.74, 6) is 1.56. The van der Waals surface area contributed by atoms with E-state index in [0.29, 0.717) is 19.0 Å². The molecule has 0 radical (unpaired) electrons. The average molecular weight is 465 g/mol. The van der Waals surface area contributed by atoms with Crippen LogP contribution in [0.4, 0.5) is 0 Å². The van der Waals surface area contributed by atoms with Gasteiger partial charge >= 0.3 is 0 Å². The van der Waals surface area contributed by atoms with Crippen LogP contribution in [0.25, 0.3) is 0 Å². The largest absolute Gasteiger partial charge is 0.361 e. The Labute approximate surface area is 167 Å². The molecule has 0 aliphatic heterocycles. The van der Waals surface area contributed by atoms with E-state index in [0.717, 1.165) is 36.4 Å². The van der Waals surface area contributed by atoms with E-state index in [1.54, 1.807) is 7.05 Å². The van der Waals surface area contributed by atoms with Gasteiger partial charge in [0.2, 0.25) is 5.91 Å². The highest BCUT2D eigenvalue weighted by molar-refractivity contribution is 14.0. The quantitative estimate of drug-likeness (QED) is 0.311. The highest BCUT2D eigenvalue weighted by Gasteiger charge is 2.26. The third kappa shape index (κ3) is 6.83. The van der Waals surface area contributed by atoms with Crippen LogP contribution < -0.4 is 16.0 Å². The third-order valence-corrected chi connectivity index (χ3v) is 3.89. The maximum Gasteiger partial charge on any atom is 0.227 e. The fourth-order valence-corrected chi connectivity index (χ4v) is 2.34. The van der Waals surface area contributed by atoms with Gasteiger partial charge in [-0.1, -0.05) is 19.0 Å². The predicted molar refractivity (Wildman–Crippen MR) is 111 cm³/mol. The molecular weight excluding hydrogens is 433 g/mol. The summed E-state index contributed by atoms with van der Waals surface area (Å²) in [5, 5.41) is 13.2. The van der Waals surface area contributed by atoms with Crippen LogP contribution in [-0.2, 0) is 24.2 Å². The number of guanidine groups is 1. The predicted octanol–water partition coefficient (Wildman–Crippen LogP) is 2.24. The number of nitrogens with one attached hydrogen (secondary N) is 3. The molecule has 1 heterocycles. The number of halogens is 1. The first-order chi connectivity index (χ1) is 11.4. The lowest BCUT2D eigenvalue weighted by atomic mass is 9.92. The van der Waals surface area contributed by atoms with Crippen LogP contribution >= 0.6 is 24.0 Å². The van der Waals surface area contributed by atoms with Gasteiger partial charge in [-0.15, -0.1) is 24.0 Å². The van der Waals surface area contributed by atoms with Crippen molar-refractivity contribution in [1.82, 2.24) is 21.1 Å². The van der Waals surface area contributed by atoms with Crippen LogP contribution in [0.5, 0.6) is 0 Å². The van der Waals surface area contributed by atoms with Crippen LogP contribution in [-0.4, -0.2) is 37.2 Å². The van der Waals surface area contributed by atoms with E-state index in [9.17, 15) is 4.79 Å². The highest BCUT2D eigenvalue weighted by atomic mass is 127. The van der Waals surface area contributed by atoms with E-state index < -0.39 is 5.41 Å². The minimum Gasteiger partial charge on any atom is -0.361 e. The summed E-state index contributed by atoms with van der Waals surface area (Å²) in [6.45, 7) is 11.6. The number of rotatable bonds is 8. The third-order valence-electron chi connectivity index (χ3n) is 3.89. The highest BCUT2D eigenvalue weighted by Crippen LogP contribution is 2.17. The van der Waals surface area contributed by atoms with Crippen molar-refractivity contribution in [1.29, 1.82) is 0 Å². The van der Waals surface area contributed by atoms with Crippen LogP contribution in [0.3, 0.4) is 0 Å². The first-order valence-corrected chi connectivity index (χ1v) is 8.60. The Hall–Kier alpha value is -1.32. The van der Waals surface area contributed by atoms with Gasteiger partial charge in [0.25, 0.3) is 0 Å². The topological polar surface area (TPSA) is 91.6 Å². The summed E-state index contributed by atoms with van der Waals surface area (Å²) in [4.78, 5) is 16.5. The van der Waals surface area contributed by atoms with Gasteiger partial charge in [-0.05, 0) is 27.2 Å². The van der Waals surface area contributed by atoms with Crippen LogP contribution in [0.2, 0.25) is 0 Å². The maximum atomic E-state index is 11.9. The van der Waals surface area contributed by atoms with Crippen molar-refractivity contribution in [3.8, 4) is 0 Å². The smallest absolute Gasteiger partial charge is 0.227 e. The van der Waals surface area contributed by atoms with Crippen molar-refractivity contribution in [2.45, 2.75) is 54.0 Å². The van der Waals surface area contributed by atoms with E-state index >= 15 is 0 Å². The second-order valence-corrected chi connectivity index (χ2v) is 6.25. The molecule has 0 aliphatic rings. The Kier molecular flexibility index (Phi) is 10.7. The van der Waals surface area contributed by atoms with Crippen molar-refractivity contribution >= 4 is 35.8 Å². The number of hydrogen-bond donors (Lipinski definition) is 3. The molecule has 1 amide bonds. The van der Waals surface area contributed by atoms with E-state index in [1.807, 2.05) is 27.7 Å². The van der Waals surface area contributed by atoms with Crippen molar-refractivity contribution in [2.75, 3.05) is 20.1 Å². The summed E-state index contributed by atoms with van der Waals surface area (Å²) in [7, 11) is 1.65. The molecule has 25 heavy (non-hydrogen) atoms. The fourth-order valence-electron chi connectivity index (χ4n) is 2.34. The van der Waals surface area contributed by atoms with E-state index in [4.69, 9.17) is 4.52 Å². The molecule has 1 rings (SSSR count). The molecule has 8 heteroatoms. The van der Waals surface area contributed by atoms with Gasteiger partial charge < -0.3 is 20.5 Å². The lowest BCUT2D eigenvalue weighted by molar-refractivity contribution is -0.128. The summed E-state index contributed by atoms with van der Waals surface area (Å²) in [6, 6.07) is 0. The van der Waals surface area contributed by atoms with Gasteiger partial charge in [0.1, 0.15) is 5.76 Å². The SMILES string of the molecule is CCNC(=NCc1c(CC)noc1CC)NCC(C)(C)C(=O)NC.I. The number of aliphatic imine (C=N–C) groups is 1. The molecule has 0 saturated carbocycles. The zero-order valence-electron chi connectivity index (χ0n) is 16.2. The number of carbonyl (C=O) groups is 1. The monoisotopic (exact) mass is 465 g/mol. The number of carbonyl (C=O) groups excluding carboxylic acids is 1. The van der Waals surface area contributed by atoms with Gasteiger partial charge in [-0.25, -0.2) is 4.99 Å². The lowest BCUT2D eigenvalue weighted by Crippen LogP contribution is -2.47. The molecule has 0 aliphatic carbocycles. The molecule has 3 N–H and O–H groups in total. The summed E-state index contributed by atoms with van der Waals surface area (Å²) in [6.07, 6.45) is 1.62. The Morgan fingerprint density at radius 2 is 1.88 bits per heavy atom. The zero-order valence-corrected chi connectivity index (χ0v) is 18.5. The average Bonchev–Trinajstić information content (AvgIpc) is 2.98. The Bertz CT molecular complexity index is 548. The van der Waals surface area contributed by atoms with Crippen molar-refractivity contribution < 1.29 is 9.32 Å². The molecule has 0 atom stereocenters. The molecule has 0 fully saturated rings. The van der Waals surface area contributed by atoms with Gasteiger partial charge in [0.15, 0.2) is 5.96 Å². The molecule has 0 aromatic carbocycles. The van der Waals surface area contributed by atoms with Gasteiger partial charge in [0.05, 0.1) is 17.7 Å². The second kappa shape index (κ2) is 11.3. The maximum absolute atomic E-state index is 11.9. The van der Waals surface area contributed by atoms with Crippen LogP contribution in [0.1, 0.15) is 51.6 Å². The van der Waals surface area contributed by atoms with Crippen molar-refractivity contribution in [3.05, 3.63) is 17.0 Å². The molecule has 0 spiro atoms. The van der Waals surface area contributed by atoms with E-state index in [2.05, 4.69) is 33.0 Å². The second-order valence-electron chi connectivity index (χ2n) is 6.25. The van der Waals surface area contributed by atoms with Gasteiger partial charge in [-0.2, -0.15) is 0 Å². The molecule has 0 bridgehead atoms. The van der Waals surface area contributed by atoms with Gasteiger partial charge in [0, 0.05) is 32.1 Å². The van der Waals surface area contributed by atoms with Gasteiger partial charge in [-0.3, -0.25) is 4.79 Å². The van der Waals surface area contributed by atoms with Crippen LogP contribution in [0, 0.1) is 5.41 Å². The number of aryl methyl sites for hydroxylation is 2. The molecule has 7 nitrogen and oxygen atoms in total. The van der Waals surface area contributed by atoms with E-state index in [-0.39, 0.29) is 29.9 Å². The van der Waals surface area contributed by atoms with E-state index in [1.165, 1.54) is 0 Å². The molecule has 0 saturated heterocycles. The molecular formula is C17H32IN5O2. The number of amides is 1. The number of aromatic nitrogens is 1. The van der Waals surface area contributed by atoms with Crippen molar-refractivity contribution in [3.63, 3.8) is 0 Å². The lowest BCUT2D eigenvalue weighted by Gasteiger charge is -2.24. The summed E-state index contributed by atoms with van der Waals surface area (Å²) in [5.41, 5.74) is 1.49. The zero-order chi connectivity index (χ0) is 18.2. The fraction of sp³-hybridized carbons (Fsp3) is 0.706. The summed E-state index contributed by atoms with van der Waals surface area (Å²) >= 11 is 0. The standard InChI is InChI=1S/C17H31N5O2.HI/c1-7-13-12(14(8-2)24-22-13)10-20-16(19-9-3)21-11-17(4,5)15(23)18-6;/h7-11H2,1-6H3,(H,18,23)(H2,19,20,21);1H. The minimum atomic E-state index is -0.523. The normalized spacial score (nSPS) is 11.7. The Morgan fingerprint density at radius 1 is 1.20 bits per heavy atom. The minimum absolute atomic E-state index is 0. The molecule has 1 aromatic rings. The Morgan fingerprint density at radius 3 is 2.40 bits per heavy atom. The van der Waals surface area contributed by atoms with Crippen molar-refractivity contribution in [2.24, 2.45) is 10.4 Å².